The highest BCUT2D eigenvalue weighted by Gasteiger charge is 2.27. The van der Waals surface area contributed by atoms with Gasteiger partial charge >= 0.3 is 17.5 Å². The molecule has 0 spiro atoms. The fourth-order valence-corrected chi connectivity index (χ4v) is 1.42. The third-order valence-electron chi connectivity index (χ3n) is 1.60. The molecule has 110 valence electrons. The molecule has 0 aliphatic heterocycles. The Kier molecular flexibility index (Phi) is 7.04. The third-order valence-corrected chi connectivity index (χ3v) is 2.34. The molecule has 0 aliphatic rings. The lowest BCUT2D eigenvalue weighted by atomic mass is 10.4. The van der Waals surface area contributed by atoms with Crippen molar-refractivity contribution in [3.05, 3.63) is 0 Å². The molecule has 0 heterocycles. The number of urea groups is 1. The van der Waals surface area contributed by atoms with E-state index in [1.54, 1.807) is 0 Å². The van der Waals surface area contributed by atoms with Gasteiger partial charge in [-0.15, -0.1) is 0 Å². The monoisotopic (exact) mass is 303 g/mol. The number of carboxylic acids is 1. The van der Waals surface area contributed by atoms with E-state index < -0.39 is 42.3 Å². The summed E-state index contributed by atoms with van der Waals surface area (Å²) >= 11 is -0.326. The number of nitrogens with zero attached hydrogens (tertiary/aromatic N) is 1. The molecule has 7 nitrogen and oxygen atoms in total. The summed E-state index contributed by atoms with van der Waals surface area (Å²) in [5.41, 5.74) is 0.408. The van der Waals surface area contributed by atoms with Crippen molar-refractivity contribution in [3.63, 3.8) is 0 Å². The fraction of sp³-hybridized carbons (Fsp3) is 0.625. The van der Waals surface area contributed by atoms with Gasteiger partial charge < -0.3 is 21.1 Å². The number of amides is 3. The molecule has 0 aromatic carbocycles. The van der Waals surface area contributed by atoms with Crippen molar-refractivity contribution in [3.8, 4) is 0 Å². The van der Waals surface area contributed by atoms with Crippen molar-refractivity contribution in [2.24, 2.45) is 5.73 Å². The molecule has 0 saturated carbocycles. The maximum atomic E-state index is 11.8. The van der Waals surface area contributed by atoms with Crippen LogP contribution in [0.5, 0.6) is 0 Å². The molecule has 0 saturated heterocycles. The van der Waals surface area contributed by atoms with E-state index >= 15 is 0 Å². The predicted octanol–water partition coefficient (Wildman–Crippen LogP) is -0.179. The van der Waals surface area contributed by atoms with Crippen LogP contribution in [0.4, 0.5) is 18.0 Å². The number of carboxylic acid groups (broad SMARTS) is 1. The molecular formula is C8H12F3N3O4S. The quantitative estimate of drug-likeness (QED) is 0.565. The summed E-state index contributed by atoms with van der Waals surface area (Å²) in [5, 5.41) is 10.6. The number of nitrogens with two attached hydrogens (primary N) is 1. The Morgan fingerprint density at radius 3 is 2.26 bits per heavy atom. The molecule has 3 amide bonds. The van der Waals surface area contributed by atoms with Crippen LogP contribution < -0.4 is 11.1 Å². The number of halogens is 3. The summed E-state index contributed by atoms with van der Waals surface area (Å²) in [5.74, 6) is -2.73. The van der Waals surface area contributed by atoms with Gasteiger partial charge in [-0.3, -0.25) is 9.59 Å². The van der Waals surface area contributed by atoms with Crippen molar-refractivity contribution in [1.82, 2.24) is 10.2 Å². The van der Waals surface area contributed by atoms with E-state index in [-0.39, 0.29) is 18.3 Å². The molecule has 0 fully saturated rings. The number of hydrogen-bond acceptors (Lipinski definition) is 4. The average Bonchev–Trinajstić information content (AvgIpc) is 2.20. The van der Waals surface area contributed by atoms with E-state index in [1.807, 2.05) is 0 Å². The minimum absolute atomic E-state index is 0.322. The number of thioether (sulfide) groups is 1. The summed E-state index contributed by atoms with van der Waals surface area (Å²) in [6.07, 6.45) is 0. The van der Waals surface area contributed by atoms with Crippen LogP contribution in [0.2, 0.25) is 0 Å². The highest BCUT2D eigenvalue weighted by atomic mass is 32.2. The van der Waals surface area contributed by atoms with Crippen molar-refractivity contribution < 1.29 is 32.7 Å². The zero-order valence-corrected chi connectivity index (χ0v) is 10.4. The predicted molar refractivity (Wildman–Crippen MR) is 60.3 cm³/mol. The minimum atomic E-state index is -4.40. The second-order valence-corrected chi connectivity index (χ2v) is 4.40. The van der Waals surface area contributed by atoms with E-state index in [0.29, 0.717) is 4.90 Å². The maximum Gasteiger partial charge on any atom is 0.441 e. The smallest absolute Gasteiger partial charge is 0.441 e. The zero-order chi connectivity index (χ0) is 15.1. The summed E-state index contributed by atoms with van der Waals surface area (Å²) in [6.45, 7) is -1.73. The largest absolute Gasteiger partial charge is 0.480 e. The van der Waals surface area contributed by atoms with Gasteiger partial charge in [0.2, 0.25) is 5.91 Å². The lowest BCUT2D eigenvalue weighted by molar-refractivity contribution is -0.137. The number of nitrogens with one attached hydrogen (secondary N) is 1. The Balaban J connectivity index is 4.17. The molecule has 0 aromatic heterocycles. The number of primary amides is 1. The zero-order valence-electron chi connectivity index (χ0n) is 9.57. The highest BCUT2D eigenvalue weighted by Crippen LogP contribution is 2.29. The van der Waals surface area contributed by atoms with Crippen LogP contribution in [-0.4, -0.2) is 58.8 Å². The molecule has 0 aliphatic carbocycles. The van der Waals surface area contributed by atoms with Gasteiger partial charge in [0.05, 0.1) is 0 Å². The maximum absolute atomic E-state index is 11.8. The number of carbonyl (C=O) groups excluding carboxylic acids is 2. The van der Waals surface area contributed by atoms with Crippen LogP contribution in [0.25, 0.3) is 0 Å². The highest BCUT2D eigenvalue weighted by molar-refractivity contribution is 8.00. The average molecular weight is 303 g/mol. The molecule has 4 N–H and O–H groups in total. The number of hydrogen-bond donors (Lipinski definition) is 3. The van der Waals surface area contributed by atoms with Gasteiger partial charge in [0, 0.05) is 12.3 Å². The van der Waals surface area contributed by atoms with Crippen LogP contribution >= 0.6 is 11.8 Å². The molecule has 0 aromatic rings. The normalized spacial score (nSPS) is 10.9. The van der Waals surface area contributed by atoms with E-state index in [9.17, 15) is 27.6 Å². The molecule has 0 unspecified atom stereocenters. The van der Waals surface area contributed by atoms with Crippen LogP contribution in [0, 0.1) is 0 Å². The third kappa shape index (κ3) is 10.00. The lowest BCUT2D eigenvalue weighted by Gasteiger charge is -2.19. The van der Waals surface area contributed by atoms with Gasteiger partial charge in [-0.1, -0.05) is 0 Å². The number of rotatable bonds is 7. The van der Waals surface area contributed by atoms with Crippen LogP contribution in [0.1, 0.15) is 0 Å². The Labute approximate surface area is 110 Å². The molecule has 0 atom stereocenters. The minimum Gasteiger partial charge on any atom is -0.480 e. The molecular weight excluding hydrogens is 291 g/mol. The second-order valence-electron chi connectivity index (χ2n) is 3.24. The Morgan fingerprint density at radius 1 is 1.26 bits per heavy atom. The van der Waals surface area contributed by atoms with Gasteiger partial charge in [0.1, 0.15) is 13.1 Å². The summed E-state index contributed by atoms with van der Waals surface area (Å²) in [6, 6.07) is -0.969. The first-order valence-corrected chi connectivity index (χ1v) is 5.84. The van der Waals surface area contributed by atoms with E-state index in [0.717, 1.165) is 0 Å². The molecule has 19 heavy (non-hydrogen) atoms. The molecule has 11 heteroatoms. The molecule has 0 rings (SSSR count). The van der Waals surface area contributed by atoms with Gasteiger partial charge in [-0.2, -0.15) is 13.2 Å². The molecule has 0 bridgehead atoms. The first-order valence-electron chi connectivity index (χ1n) is 4.85. The second kappa shape index (κ2) is 7.71. The first-order chi connectivity index (χ1) is 8.61. The Hall–Kier alpha value is -1.65. The van der Waals surface area contributed by atoms with Gasteiger partial charge in [-0.25, -0.2) is 4.79 Å². The SMILES string of the molecule is NC(=O)CN(CC(=O)O)C(=O)NCCSC(F)(F)F. The topological polar surface area (TPSA) is 113 Å². The summed E-state index contributed by atoms with van der Waals surface area (Å²) < 4.78 is 35.4. The van der Waals surface area contributed by atoms with Crippen molar-refractivity contribution in [2.75, 3.05) is 25.4 Å². The standard InChI is InChI=1S/C8H12F3N3O4S/c9-8(10,11)19-2-1-13-7(18)14(3-5(12)15)4-6(16)17/h1-4H2,(H2,12,15)(H,13,18)(H,16,17). The van der Waals surface area contributed by atoms with Crippen LogP contribution in [0.15, 0.2) is 0 Å². The van der Waals surface area contributed by atoms with Crippen LogP contribution in [-0.2, 0) is 9.59 Å². The number of aliphatic carboxylic acids is 1. The van der Waals surface area contributed by atoms with Crippen molar-refractivity contribution in [2.45, 2.75) is 5.51 Å². The van der Waals surface area contributed by atoms with E-state index in [1.165, 1.54) is 0 Å². The summed E-state index contributed by atoms with van der Waals surface area (Å²) in [7, 11) is 0. The first kappa shape index (κ1) is 17.4. The van der Waals surface area contributed by atoms with Gasteiger partial charge in [0.25, 0.3) is 0 Å². The molecule has 0 radical (unpaired) electrons. The van der Waals surface area contributed by atoms with Crippen molar-refractivity contribution in [1.29, 1.82) is 0 Å². The Morgan fingerprint density at radius 2 is 1.84 bits per heavy atom. The fourth-order valence-electron chi connectivity index (χ4n) is 0.987. The van der Waals surface area contributed by atoms with Gasteiger partial charge in [-0.05, 0) is 11.8 Å². The number of alkyl halides is 3. The van der Waals surface area contributed by atoms with Crippen molar-refractivity contribution >= 4 is 29.7 Å². The van der Waals surface area contributed by atoms with Gasteiger partial charge in [0.15, 0.2) is 0 Å². The Bertz CT molecular complexity index is 335. The summed E-state index contributed by atoms with van der Waals surface area (Å²) in [4.78, 5) is 33.0. The van der Waals surface area contributed by atoms with E-state index in [2.05, 4.69) is 5.32 Å². The lowest BCUT2D eigenvalue weighted by Crippen LogP contribution is -2.47. The van der Waals surface area contributed by atoms with E-state index in [4.69, 9.17) is 10.8 Å². The van der Waals surface area contributed by atoms with Crippen LogP contribution in [0.3, 0.4) is 0 Å². The number of carbonyl (C=O) groups is 3.